The van der Waals surface area contributed by atoms with Crippen LogP contribution >= 0.6 is 0 Å². The van der Waals surface area contributed by atoms with Crippen LogP contribution in [-0.4, -0.2) is 49.6 Å². The average Bonchev–Trinajstić information content (AvgIpc) is 2.77. The quantitative estimate of drug-likeness (QED) is 0.548. The van der Waals surface area contributed by atoms with Gasteiger partial charge in [0.05, 0.1) is 0 Å². The van der Waals surface area contributed by atoms with Crippen LogP contribution in [0.1, 0.15) is 36.5 Å². The summed E-state index contributed by atoms with van der Waals surface area (Å²) in [5.74, 6) is 0.663. The predicted molar refractivity (Wildman–Crippen MR) is 112 cm³/mol. The van der Waals surface area contributed by atoms with Crippen molar-refractivity contribution in [3.63, 3.8) is 0 Å². The Morgan fingerprint density at radius 3 is 2.45 bits per heavy atom. The molecule has 0 saturated carbocycles. The number of likely N-dealkylation sites (tertiary alicyclic amines) is 1. The Bertz CT molecular complexity index is 742. The summed E-state index contributed by atoms with van der Waals surface area (Å²) >= 11 is 0. The second-order valence-corrected chi connectivity index (χ2v) is 7.56. The third-order valence-corrected chi connectivity index (χ3v) is 5.29. The zero-order chi connectivity index (χ0) is 20.5. The predicted octanol–water partition coefficient (Wildman–Crippen LogP) is 4.59. The lowest BCUT2D eigenvalue weighted by atomic mass is 9.89. The number of ether oxygens (including phenoxy) is 2. The summed E-state index contributed by atoms with van der Waals surface area (Å²) in [5, 5.41) is 0. The van der Waals surface area contributed by atoms with E-state index in [1.807, 2.05) is 30.3 Å². The molecule has 1 aliphatic heterocycles. The number of Topliss-reactive ketones (excluding diaryl/α,β-unsaturated/α-hetero) is 1. The zero-order valence-electron chi connectivity index (χ0n) is 17.1. The van der Waals surface area contributed by atoms with E-state index in [1.54, 1.807) is 12.1 Å². The molecule has 1 saturated heterocycles. The molecule has 1 unspecified atom stereocenters. The van der Waals surface area contributed by atoms with Crippen LogP contribution in [0.3, 0.4) is 0 Å². The molecule has 0 bridgehead atoms. The molecule has 5 heteroatoms. The van der Waals surface area contributed by atoms with Crippen LogP contribution < -0.4 is 4.74 Å². The number of piperidine rings is 1. The Morgan fingerprint density at radius 2 is 1.79 bits per heavy atom. The van der Waals surface area contributed by atoms with E-state index in [4.69, 9.17) is 9.47 Å². The van der Waals surface area contributed by atoms with Crippen molar-refractivity contribution in [2.45, 2.75) is 32.3 Å². The van der Waals surface area contributed by atoms with E-state index in [2.05, 4.69) is 11.8 Å². The Balaban J connectivity index is 1.48. The van der Waals surface area contributed by atoms with Gasteiger partial charge in [0, 0.05) is 24.6 Å². The molecule has 29 heavy (non-hydrogen) atoms. The molecule has 0 N–H and O–H groups in total. The van der Waals surface area contributed by atoms with Crippen LogP contribution in [-0.2, 0) is 4.74 Å². The third kappa shape index (κ3) is 6.65. The summed E-state index contributed by atoms with van der Waals surface area (Å²) in [4.78, 5) is 15.0. The summed E-state index contributed by atoms with van der Waals surface area (Å²) in [6, 6.07) is 15.6. The van der Waals surface area contributed by atoms with Crippen molar-refractivity contribution in [2.24, 2.45) is 5.92 Å². The molecule has 1 fully saturated rings. The topological polar surface area (TPSA) is 38.8 Å². The number of carbonyl (C=O) groups is 1. The zero-order valence-corrected chi connectivity index (χ0v) is 17.1. The van der Waals surface area contributed by atoms with Gasteiger partial charge in [-0.15, -0.1) is 0 Å². The number of ketones is 1. The van der Waals surface area contributed by atoms with Crippen LogP contribution in [0, 0.1) is 11.7 Å². The van der Waals surface area contributed by atoms with Crippen LogP contribution in [0.2, 0.25) is 0 Å². The number of hydrogen-bond acceptors (Lipinski definition) is 4. The number of halogens is 1. The highest BCUT2D eigenvalue weighted by molar-refractivity contribution is 5.97. The average molecular weight is 400 g/mol. The normalized spacial score (nSPS) is 16.5. The second-order valence-electron chi connectivity index (χ2n) is 7.56. The Labute approximate surface area is 172 Å². The highest BCUT2D eigenvalue weighted by Crippen LogP contribution is 2.22. The van der Waals surface area contributed by atoms with Gasteiger partial charge in [-0.05, 0) is 68.8 Å². The SMILES string of the molecule is CCCOC(COc1ccccc1)CN1CCC(C(=O)c2ccc(F)cc2)CC1. The lowest BCUT2D eigenvalue weighted by Crippen LogP contribution is -2.43. The van der Waals surface area contributed by atoms with Gasteiger partial charge in [0.25, 0.3) is 0 Å². The highest BCUT2D eigenvalue weighted by atomic mass is 19.1. The standard InChI is InChI=1S/C24H30FNO3/c1-2-16-28-23(18-29-22-6-4-3-5-7-22)17-26-14-12-20(13-15-26)24(27)19-8-10-21(25)11-9-19/h3-11,20,23H,2,12-18H2,1H3. The number of hydrogen-bond donors (Lipinski definition) is 0. The molecule has 2 aromatic carbocycles. The number of benzene rings is 2. The minimum Gasteiger partial charge on any atom is -0.491 e. The molecular formula is C24H30FNO3. The van der Waals surface area contributed by atoms with Crippen LogP contribution in [0.15, 0.2) is 54.6 Å². The molecule has 0 amide bonds. The maximum Gasteiger partial charge on any atom is 0.166 e. The number of nitrogens with zero attached hydrogens (tertiary/aromatic N) is 1. The maximum absolute atomic E-state index is 13.1. The van der Waals surface area contributed by atoms with E-state index in [-0.39, 0.29) is 23.6 Å². The fourth-order valence-electron chi connectivity index (χ4n) is 3.66. The molecular weight excluding hydrogens is 369 g/mol. The van der Waals surface area contributed by atoms with Crippen molar-refractivity contribution >= 4 is 5.78 Å². The Morgan fingerprint density at radius 1 is 1.10 bits per heavy atom. The first kappa shape index (κ1) is 21.5. The van der Waals surface area contributed by atoms with Gasteiger partial charge in [-0.2, -0.15) is 0 Å². The van der Waals surface area contributed by atoms with Gasteiger partial charge >= 0.3 is 0 Å². The summed E-state index contributed by atoms with van der Waals surface area (Å²) in [6.45, 7) is 5.83. The van der Waals surface area contributed by atoms with Gasteiger partial charge in [-0.25, -0.2) is 4.39 Å². The minimum absolute atomic E-state index is 0.000457. The molecule has 0 radical (unpaired) electrons. The van der Waals surface area contributed by atoms with Crippen molar-refractivity contribution in [3.8, 4) is 5.75 Å². The molecule has 0 aromatic heterocycles. The first-order chi connectivity index (χ1) is 14.2. The summed E-state index contributed by atoms with van der Waals surface area (Å²) in [7, 11) is 0. The summed E-state index contributed by atoms with van der Waals surface area (Å²) < 4.78 is 25.0. The van der Waals surface area contributed by atoms with Crippen LogP contribution in [0.4, 0.5) is 4.39 Å². The van der Waals surface area contributed by atoms with Crippen molar-refractivity contribution < 1.29 is 18.7 Å². The fourth-order valence-corrected chi connectivity index (χ4v) is 3.66. The van der Waals surface area contributed by atoms with Crippen molar-refractivity contribution in [3.05, 3.63) is 66.0 Å². The fraction of sp³-hybridized carbons (Fsp3) is 0.458. The van der Waals surface area contributed by atoms with Crippen molar-refractivity contribution in [1.82, 2.24) is 4.90 Å². The Hall–Kier alpha value is -2.24. The molecule has 2 aromatic rings. The summed E-state index contributed by atoms with van der Waals surface area (Å²) in [5.41, 5.74) is 0.602. The van der Waals surface area contributed by atoms with E-state index < -0.39 is 0 Å². The highest BCUT2D eigenvalue weighted by Gasteiger charge is 2.27. The van der Waals surface area contributed by atoms with Crippen LogP contribution in [0.5, 0.6) is 5.75 Å². The van der Waals surface area contributed by atoms with Gasteiger partial charge < -0.3 is 14.4 Å². The van der Waals surface area contributed by atoms with Crippen molar-refractivity contribution in [2.75, 3.05) is 32.8 Å². The first-order valence-corrected chi connectivity index (χ1v) is 10.5. The minimum atomic E-state index is -0.313. The summed E-state index contributed by atoms with van der Waals surface area (Å²) in [6.07, 6.45) is 2.60. The maximum atomic E-state index is 13.1. The van der Waals surface area contributed by atoms with Gasteiger partial charge in [0.1, 0.15) is 24.3 Å². The molecule has 3 rings (SSSR count). The smallest absolute Gasteiger partial charge is 0.166 e. The van der Waals surface area contributed by atoms with Crippen molar-refractivity contribution in [1.29, 1.82) is 0 Å². The molecule has 0 spiro atoms. The lowest BCUT2D eigenvalue weighted by molar-refractivity contribution is -0.00689. The largest absolute Gasteiger partial charge is 0.491 e. The van der Waals surface area contributed by atoms with E-state index >= 15 is 0 Å². The van der Waals surface area contributed by atoms with Gasteiger partial charge in [0.2, 0.25) is 0 Å². The number of para-hydroxylation sites is 1. The molecule has 4 nitrogen and oxygen atoms in total. The van der Waals surface area contributed by atoms with Gasteiger partial charge in [0.15, 0.2) is 5.78 Å². The Kier molecular flexibility index (Phi) is 8.20. The monoisotopic (exact) mass is 399 g/mol. The van der Waals surface area contributed by atoms with E-state index in [0.717, 1.165) is 44.6 Å². The molecule has 1 atom stereocenters. The first-order valence-electron chi connectivity index (χ1n) is 10.5. The third-order valence-electron chi connectivity index (χ3n) is 5.29. The molecule has 156 valence electrons. The molecule has 1 aliphatic rings. The van der Waals surface area contributed by atoms with E-state index in [1.165, 1.54) is 12.1 Å². The molecule has 1 heterocycles. The van der Waals surface area contributed by atoms with Gasteiger partial charge in [-0.1, -0.05) is 25.1 Å². The van der Waals surface area contributed by atoms with Crippen LogP contribution in [0.25, 0.3) is 0 Å². The van der Waals surface area contributed by atoms with Gasteiger partial charge in [-0.3, -0.25) is 4.79 Å². The molecule has 0 aliphatic carbocycles. The number of carbonyl (C=O) groups excluding carboxylic acids is 1. The van der Waals surface area contributed by atoms with E-state index in [9.17, 15) is 9.18 Å². The second kappa shape index (κ2) is 11.1. The number of rotatable bonds is 10. The lowest BCUT2D eigenvalue weighted by Gasteiger charge is -2.33. The van der Waals surface area contributed by atoms with E-state index in [0.29, 0.717) is 18.8 Å².